The van der Waals surface area contributed by atoms with Crippen LogP contribution in [-0.4, -0.2) is 22.9 Å². The van der Waals surface area contributed by atoms with Crippen molar-refractivity contribution in [3.63, 3.8) is 0 Å². The van der Waals surface area contributed by atoms with E-state index >= 15 is 0 Å². The number of anilines is 1. The first-order valence-corrected chi connectivity index (χ1v) is 7.85. The summed E-state index contributed by atoms with van der Waals surface area (Å²) in [4.78, 5) is 34.4. The summed E-state index contributed by atoms with van der Waals surface area (Å²) < 4.78 is 18.1. The molecular formula is C16H11Cl2FN2O5. The lowest BCUT2D eigenvalue weighted by Crippen LogP contribution is -2.30. The second kappa shape index (κ2) is 8.11. The Kier molecular flexibility index (Phi) is 6.12. The standard InChI is InChI=1S/C16H11Cl2FN2O5/c1-8(15(22)20-10-3-5-13(19)12(18)7-10)26-16(23)11-4-2-9(17)6-14(11)21(24)25/h2-8H,1H3,(H,20,22). The number of nitrogens with one attached hydrogen (secondary N) is 1. The molecule has 1 N–H and O–H groups in total. The van der Waals surface area contributed by atoms with Crippen LogP contribution in [-0.2, 0) is 9.53 Å². The van der Waals surface area contributed by atoms with Gasteiger partial charge in [-0.15, -0.1) is 0 Å². The minimum absolute atomic E-state index is 0.0761. The second-order valence-electron chi connectivity index (χ2n) is 5.08. The Morgan fingerprint density at radius 2 is 1.92 bits per heavy atom. The zero-order chi connectivity index (χ0) is 19.4. The first-order valence-electron chi connectivity index (χ1n) is 7.10. The molecule has 0 aromatic heterocycles. The molecule has 0 spiro atoms. The molecular weight excluding hydrogens is 390 g/mol. The number of halogens is 3. The molecule has 0 aliphatic carbocycles. The average Bonchev–Trinajstić information content (AvgIpc) is 2.57. The largest absolute Gasteiger partial charge is 0.449 e. The number of esters is 1. The van der Waals surface area contributed by atoms with Crippen LogP contribution in [0, 0.1) is 15.9 Å². The van der Waals surface area contributed by atoms with Gasteiger partial charge < -0.3 is 10.1 Å². The summed E-state index contributed by atoms with van der Waals surface area (Å²) in [7, 11) is 0. The van der Waals surface area contributed by atoms with E-state index in [2.05, 4.69) is 5.32 Å². The fourth-order valence-electron chi connectivity index (χ4n) is 1.92. The Balaban J connectivity index is 2.10. The van der Waals surface area contributed by atoms with E-state index < -0.39 is 34.4 Å². The normalized spacial score (nSPS) is 11.5. The van der Waals surface area contributed by atoms with Gasteiger partial charge in [-0.3, -0.25) is 14.9 Å². The molecule has 7 nitrogen and oxygen atoms in total. The zero-order valence-corrected chi connectivity index (χ0v) is 14.7. The third-order valence-electron chi connectivity index (χ3n) is 3.22. The van der Waals surface area contributed by atoms with Crippen molar-refractivity contribution in [1.29, 1.82) is 0 Å². The predicted molar refractivity (Wildman–Crippen MR) is 93.0 cm³/mol. The molecule has 1 unspecified atom stereocenters. The highest BCUT2D eigenvalue weighted by molar-refractivity contribution is 6.31. The van der Waals surface area contributed by atoms with Gasteiger partial charge in [-0.05, 0) is 37.3 Å². The summed E-state index contributed by atoms with van der Waals surface area (Å²) >= 11 is 11.3. The van der Waals surface area contributed by atoms with E-state index in [1.54, 1.807) is 0 Å². The number of nitro groups is 1. The lowest BCUT2D eigenvalue weighted by molar-refractivity contribution is -0.385. The van der Waals surface area contributed by atoms with Crippen LogP contribution < -0.4 is 5.32 Å². The molecule has 2 aromatic rings. The highest BCUT2D eigenvalue weighted by Crippen LogP contribution is 2.24. The second-order valence-corrected chi connectivity index (χ2v) is 5.93. The maximum Gasteiger partial charge on any atom is 0.345 e. The van der Waals surface area contributed by atoms with Crippen molar-refractivity contribution in [3.05, 3.63) is 67.9 Å². The monoisotopic (exact) mass is 400 g/mol. The SMILES string of the molecule is CC(OC(=O)c1ccc(Cl)cc1[N+](=O)[O-])C(=O)Nc1ccc(F)c(Cl)c1. The van der Waals surface area contributed by atoms with E-state index in [0.29, 0.717) is 0 Å². The molecule has 0 saturated heterocycles. The first-order chi connectivity index (χ1) is 12.2. The molecule has 0 radical (unpaired) electrons. The summed E-state index contributed by atoms with van der Waals surface area (Å²) in [5.41, 5.74) is -0.689. The van der Waals surface area contributed by atoms with Crippen molar-refractivity contribution in [2.24, 2.45) is 0 Å². The number of amides is 1. The number of ether oxygens (including phenoxy) is 1. The van der Waals surface area contributed by atoms with E-state index in [4.69, 9.17) is 27.9 Å². The van der Waals surface area contributed by atoms with Gasteiger partial charge in [0.1, 0.15) is 11.4 Å². The van der Waals surface area contributed by atoms with E-state index in [1.807, 2.05) is 0 Å². The molecule has 1 amide bonds. The molecule has 0 bridgehead atoms. The van der Waals surface area contributed by atoms with Gasteiger partial charge in [-0.1, -0.05) is 23.2 Å². The molecule has 1 atom stereocenters. The molecule has 26 heavy (non-hydrogen) atoms. The summed E-state index contributed by atoms with van der Waals surface area (Å²) in [6.45, 7) is 1.28. The number of benzene rings is 2. The molecule has 0 aliphatic rings. The van der Waals surface area contributed by atoms with Gasteiger partial charge in [0.25, 0.3) is 11.6 Å². The third-order valence-corrected chi connectivity index (χ3v) is 3.74. The average molecular weight is 401 g/mol. The summed E-state index contributed by atoms with van der Waals surface area (Å²) in [6.07, 6.45) is -1.28. The van der Waals surface area contributed by atoms with Gasteiger partial charge in [0.15, 0.2) is 6.10 Å². The van der Waals surface area contributed by atoms with Gasteiger partial charge in [-0.25, -0.2) is 9.18 Å². The molecule has 2 rings (SSSR count). The van der Waals surface area contributed by atoms with Gasteiger partial charge in [-0.2, -0.15) is 0 Å². The first kappa shape index (κ1) is 19.6. The van der Waals surface area contributed by atoms with Crippen LogP contribution in [0.3, 0.4) is 0 Å². The van der Waals surface area contributed by atoms with Crippen molar-refractivity contribution in [2.45, 2.75) is 13.0 Å². The minimum Gasteiger partial charge on any atom is -0.449 e. The van der Waals surface area contributed by atoms with Crippen LogP contribution >= 0.6 is 23.2 Å². The highest BCUT2D eigenvalue weighted by atomic mass is 35.5. The number of hydrogen-bond acceptors (Lipinski definition) is 5. The van der Waals surface area contributed by atoms with Crippen molar-refractivity contribution >= 4 is 46.5 Å². The summed E-state index contributed by atoms with van der Waals surface area (Å²) in [6, 6.07) is 6.95. The van der Waals surface area contributed by atoms with E-state index in [1.165, 1.54) is 25.1 Å². The Morgan fingerprint density at radius 1 is 1.23 bits per heavy atom. The fourth-order valence-corrected chi connectivity index (χ4v) is 2.27. The van der Waals surface area contributed by atoms with Crippen LogP contribution in [0.15, 0.2) is 36.4 Å². The van der Waals surface area contributed by atoms with Gasteiger partial charge in [0.05, 0.1) is 9.95 Å². The fraction of sp³-hybridized carbons (Fsp3) is 0.125. The molecule has 0 heterocycles. The topological polar surface area (TPSA) is 98.5 Å². The summed E-state index contributed by atoms with van der Waals surface area (Å²) in [5, 5.41) is 13.3. The summed E-state index contributed by atoms with van der Waals surface area (Å²) in [5.74, 6) is -2.44. The number of nitrogens with zero attached hydrogens (tertiary/aromatic N) is 1. The van der Waals surface area contributed by atoms with E-state index in [-0.39, 0.29) is 21.3 Å². The van der Waals surface area contributed by atoms with Crippen LogP contribution in [0.25, 0.3) is 0 Å². The Labute approximate surface area is 156 Å². The van der Waals surface area contributed by atoms with Crippen molar-refractivity contribution in [2.75, 3.05) is 5.32 Å². The zero-order valence-electron chi connectivity index (χ0n) is 13.2. The van der Waals surface area contributed by atoms with Gasteiger partial charge >= 0.3 is 5.97 Å². The number of nitro benzene ring substituents is 1. The highest BCUT2D eigenvalue weighted by Gasteiger charge is 2.25. The van der Waals surface area contributed by atoms with Crippen LogP contribution in [0.2, 0.25) is 10.0 Å². The molecule has 0 aliphatic heterocycles. The van der Waals surface area contributed by atoms with Crippen molar-refractivity contribution < 1.29 is 23.6 Å². The number of rotatable bonds is 5. The minimum atomic E-state index is -1.28. The van der Waals surface area contributed by atoms with Crippen LogP contribution in [0.1, 0.15) is 17.3 Å². The molecule has 0 fully saturated rings. The molecule has 136 valence electrons. The smallest absolute Gasteiger partial charge is 0.345 e. The van der Waals surface area contributed by atoms with E-state index in [9.17, 15) is 24.1 Å². The molecule has 0 saturated carbocycles. The maximum absolute atomic E-state index is 13.1. The van der Waals surface area contributed by atoms with Gasteiger partial charge in [0, 0.05) is 16.8 Å². The maximum atomic E-state index is 13.1. The predicted octanol–water partition coefficient (Wildman–Crippen LogP) is 4.22. The van der Waals surface area contributed by atoms with Crippen molar-refractivity contribution in [3.8, 4) is 0 Å². The molecule has 2 aromatic carbocycles. The molecule has 10 heteroatoms. The lowest BCUT2D eigenvalue weighted by Gasteiger charge is -2.14. The van der Waals surface area contributed by atoms with Crippen molar-refractivity contribution in [1.82, 2.24) is 0 Å². The lowest BCUT2D eigenvalue weighted by atomic mass is 10.2. The number of carbonyl (C=O) groups is 2. The third kappa shape index (κ3) is 4.68. The Bertz CT molecular complexity index is 891. The van der Waals surface area contributed by atoms with E-state index in [0.717, 1.165) is 18.2 Å². The Morgan fingerprint density at radius 3 is 2.54 bits per heavy atom. The quantitative estimate of drug-likeness (QED) is 0.460. The van der Waals surface area contributed by atoms with Crippen LogP contribution in [0.4, 0.5) is 15.8 Å². The Hall–Kier alpha value is -2.71. The van der Waals surface area contributed by atoms with Crippen LogP contribution in [0.5, 0.6) is 0 Å². The number of hydrogen-bond donors (Lipinski definition) is 1. The number of carbonyl (C=O) groups excluding carboxylic acids is 2. The van der Waals surface area contributed by atoms with Gasteiger partial charge in [0.2, 0.25) is 0 Å².